The standard InChI is InChI=1S/C20H18N4O2/c1-11-12(2)23-18-8-14(4-6-17(18)22-11)20(26)21-10-13-3-5-16-15(7-13)9-19(25)24-16/h3-8H,9-10H2,1-2H3,(H,21,26)(H,24,25). The minimum atomic E-state index is -0.165. The number of amides is 2. The summed E-state index contributed by atoms with van der Waals surface area (Å²) in [6.45, 7) is 4.22. The van der Waals surface area contributed by atoms with Gasteiger partial charge in [0.05, 0.1) is 28.8 Å². The number of aryl methyl sites for hydroxylation is 2. The summed E-state index contributed by atoms with van der Waals surface area (Å²) in [6.07, 6.45) is 0.388. The number of fused-ring (bicyclic) bond motifs is 2. The summed E-state index contributed by atoms with van der Waals surface area (Å²) in [5, 5.41) is 5.72. The predicted molar refractivity (Wildman–Crippen MR) is 99.0 cm³/mol. The summed E-state index contributed by atoms with van der Waals surface area (Å²) in [4.78, 5) is 32.9. The van der Waals surface area contributed by atoms with Gasteiger partial charge >= 0.3 is 0 Å². The molecule has 0 saturated heterocycles. The van der Waals surface area contributed by atoms with E-state index in [2.05, 4.69) is 20.6 Å². The largest absolute Gasteiger partial charge is 0.348 e. The van der Waals surface area contributed by atoms with Gasteiger partial charge in [-0.2, -0.15) is 0 Å². The zero-order valence-electron chi connectivity index (χ0n) is 14.6. The molecule has 6 heteroatoms. The monoisotopic (exact) mass is 346 g/mol. The maximum absolute atomic E-state index is 12.5. The molecule has 0 unspecified atom stereocenters. The maximum atomic E-state index is 12.5. The molecule has 26 heavy (non-hydrogen) atoms. The first-order valence-corrected chi connectivity index (χ1v) is 8.44. The molecule has 2 aromatic carbocycles. The highest BCUT2D eigenvalue weighted by Gasteiger charge is 2.17. The Kier molecular flexibility index (Phi) is 3.88. The van der Waals surface area contributed by atoms with Crippen LogP contribution >= 0.6 is 0 Å². The van der Waals surface area contributed by atoms with Crippen LogP contribution in [0.3, 0.4) is 0 Å². The molecule has 1 aromatic heterocycles. The van der Waals surface area contributed by atoms with Gasteiger partial charge < -0.3 is 10.6 Å². The Bertz CT molecular complexity index is 1060. The molecule has 0 saturated carbocycles. The van der Waals surface area contributed by atoms with Crippen molar-refractivity contribution in [3.8, 4) is 0 Å². The van der Waals surface area contributed by atoms with Crippen molar-refractivity contribution >= 4 is 28.5 Å². The fraction of sp³-hybridized carbons (Fsp3) is 0.200. The number of aromatic nitrogens is 2. The molecule has 0 fully saturated rings. The molecule has 1 aliphatic rings. The SMILES string of the molecule is Cc1nc2ccc(C(=O)NCc3ccc4c(c3)CC(=O)N4)cc2nc1C. The minimum absolute atomic E-state index is 0.00369. The van der Waals surface area contributed by atoms with Crippen molar-refractivity contribution in [3.05, 3.63) is 64.5 Å². The van der Waals surface area contributed by atoms with Crippen LogP contribution in [0.4, 0.5) is 5.69 Å². The molecule has 2 heterocycles. The van der Waals surface area contributed by atoms with Gasteiger partial charge in [-0.3, -0.25) is 9.59 Å². The molecule has 0 radical (unpaired) electrons. The van der Waals surface area contributed by atoms with Gasteiger partial charge in [-0.1, -0.05) is 12.1 Å². The first kappa shape index (κ1) is 16.2. The van der Waals surface area contributed by atoms with Crippen molar-refractivity contribution in [3.63, 3.8) is 0 Å². The highest BCUT2D eigenvalue weighted by Crippen LogP contribution is 2.23. The third-order valence-corrected chi connectivity index (χ3v) is 4.59. The summed E-state index contributed by atoms with van der Waals surface area (Å²) in [5.74, 6) is -0.161. The lowest BCUT2D eigenvalue weighted by atomic mass is 10.1. The molecule has 0 bridgehead atoms. The molecule has 6 nitrogen and oxygen atoms in total. The molecule has 1 aliphatic heterocycles. The number of nitrogens with zero attached hydrogens (tertiary/aromatic N) is 2. The lowest BCUT2D eigenvalue weighted by Crippen LogP contribution is -2.22. The van der Waals surface area contributed by atoms with Gasteiger partial charge in [-0.25, -0.2) is 9.97 Å². The normalized spacial score (nSPS) is 12.8. The van der Waals surface area contributed by atoms with Gasteiger partial charge in [-0.05, 0) is 49.2 Å². The molecule has 130 valence electrons. The average Bonchev–Trinajstić information content (AvgIpc) is 2.99. The zero-order chi connectivity index (χ0) is 18.3. The Labute approximate surface area is 150 Å². The first-order valence-electron chi connectivity index (χ1n) is 8.44. The second kappa shape index (κ2) is 6.22. The maximum Gasteiger partial charge on any atom is 0.251 e. The summed E-state index contributed by atoms with van der Waals surface area (Å²) in [5.41, 5.74) is 6.56. The van der Waals surface area contributed by atoms with E-state index in [0.717, 1.165) is 33.7 Å². The second-order valence-corrected chi connectivity index (χ2v) is 6.50. The van der Waals surface area contributed by atoms with Crippen molar-refractivity contribution < 1.29 is 9.59 Å². The number of carbonyl (C=O) groups excluding carboxylic acids is 2. The molecular formula is C20H18N4O2. The summed E-state index contributed by atoms with van der Waals surface area (Å²) < 4.78 is 0. The lowest BCUT2D eigenvalue weighted by Gasteiger charge is -2.08. The van der Waals surface area contributed by atoms with E-state index in [1.54, 1.807) is 12.1 Å². The number of rotatable bonds is 3. The number of benzene rings is 2. The van der Waals surface area contributed by atoms with Gasteiger partial charge in [0.25, 0.3) is 5.91 Å². The van der Waals surface area contributed by atoms with Gasteiger partial charge in [0.2, 0.25) is 5.91 Å². The molecular weight excluding hydrogens is 328 g/mol. The molecule has 0 atom stereocenters. The predicted octanol–water partition coefficient (Wildman–Crippen LogP) is 2.67. The Morgan fingerprint density at radius 2 is 1.85 bits per heavy atom. The van der Waals surface area contributed by atoms with E-state index in [-0.39, 0.29) is 11.8 Å². The molecule has 0 spiro atoms. The van der Waals surface area contributed by atoms with Gasteiger partial charge in [0.1, 0.15) is 0 Å². The van der Waals surface area contributed by atoms with Crippen molar-refractivity contribution in [1.82, 2.24) is 15.3 Å². The Morgan fingerprint density at radius 3 is 2.65 bits per heavy atom. The van der Waals surface area contributed by atoms with Crippen LogP contribution < -0.4 is 10.6 Å². The summed E-state index contributed by atoms with van der Waals surface area (Å²) >= 11 is 0. The molecule has 0 aliphatic carbocycles. The highest BCUT2D eigenvalue weighted by molar-refractivity contribution is 5.99. The van der Waals surface area contributed by atoms with Crippen molar-refractivity contribution in [2.75, 3.05) is 5.32 Å². The molecule has 3 aromatic rings. The van der Waals surface area contributed by atoms with E-state index in [1.807, 2.05) is 38.1 Å². The molecule has 4 rings (SSSR count). The summed E-state index contributed by atoms with van der Waals surface area (Å²) in [6, 6.07) is 11.1. The fourth-order valence-corrected chi connectivity index (χ4v) is 3.05. The second-order valence-electron chi connectivity index (χ2n) is 6.50. The topological polar surface area (TPSA) is 84.0 Å². The lowest BCUT2D eigenvalue weighted by molar-refractivity contribution is -0.115. The quantitative estimate of drug-likeness (QED) is 0.764. The van der Waals surface area contributed by atoms with E-state index in [1.165, 1.54) is 0 Å². The van der Waals surface area contributed by atoms with Crippen LogP contribution in [0.25, 0.3) is 11.0 Å². The number of hydrogen-bond acceptors (Lipinski definition) is 4. The van der Waals surface area contributed by atoms with Crippen LogP contribution in [0.1, 0.15) is 32.9 Å². The minimum Gasteiger partial charge on any atom is -0.348 e. The molecule has 2 N–H and O–H groups in total. The van der Waals surface area contributed by atoms with E-state index < -0.39 is 0 Å². The van der Waals surface area contributed by atoms with E-state index in [9.17, 15) is 9.59 Å². The van der Waals surface area contributed by atoms with E-state index in [4.69, 9.17) is 0 Å². The third-order valence-electron chi connectivity index (χ3n) is 4.59. The van der Waals surface area contributed by atoms with Gasteiger partial charge in [0, 0.05) is 17.8 Å². The number of carbonyl (C=O) groups is 2. The van der Waals surface area contributed by atoms with Crippen LogP contribution in [-0.4, -0.2) is 21.8 Å². The van der Waals surface area contributed by atoms with Gasteiger partial charge in [0.15, 0.2) is 0 Å². The van der Waals surface area contributed by atoms with Crippen LogP contribution in [0.5, 0.6) is 0 Å². The first-order chi connectivity index (χ1) is 12.5. The third kappa shape index (κ3) is 3.01. The van der Waals surface area contributed by atoms with Crippen LogP contribution in [0.2, 0.25) is 0 Å². The Balaban J connectivity index is 1.50. The Morgan fingerprint density at radius 1 is 1.08 bits per heavy atom. The van der Waals surface area contributed by atoms with Crippen molar-refractivity contribution in [2.45, 2.75) is 26.8 Å². The van der Waals surface area contributed by atoms with Crippen LogP contribution in [0, 0.1) is 13.8 Å². The van der Waals surface area contributed by atoms with Gasteiger partial charge in [-0.15, -0.1) is 0 Å². The van der Waals surface area contributed by atoms with Crippen LogP contribution in [0.15, 0.2) is 36.4 Å². The number of hydrogen-bond donors (Lipinski definition) is 2. The highest BCUT2D eigenvalue weighted by atomic mass is 16.2. The van der Waals surface area contributed by atoms with E-state index in [0.29, 0.717) is 24.0 Å². The molecule has 2 amide bonds. The van der Waals surface area contributed by atoms with E-state index >= 15 is 0 Å². The number of anilines is 1. The van der Waals surface area contributed by atoms with Crippen LogP contribution in [-0.2, 0) is 17.8 Å². The summed E-state index contributed by atoms with van der Waals surface area (Å²) in [7, 11) is 0. The average molecular weight is 346 g/mol. The zero-order valence-corrected chi connectivity index (χ0v) is 14.6. The van der Waals surface area contributed by atoms with Crippen molar-refractivity contribution in [1.29, 1.82) is 0 Å². The van der Waals surface area contributed by atoms with Crippen molar-refractivity contribution in [2.24, 2.45) is 0 Å². The number of nitrogens with one attached hydrogen (secondary N) is 2. The smallest absolute Gasteiger partial charge is 0.251 e. The Hall–Kier alpha value is -3.28. The fourth-order valence-electron chi connectivity index (χ4n) is 3.05.